The van der Waals surface area contributed by atoms with Crippen molar-refractivity contribution in [2.45, 2.75) is 38.7 Å². The number of ether oxygens (including phenoxy) is 1. The molecule has 2 rings (SSSR count). The maximum absolute atomic E-state index is 10.7. The lowest BCUT2D eigenvalue weighted by atomic mass is 9.96. The zero-order chi connectivity index (χ0) is 17.5. The molecule has 0 amide bonds. The summed E-state index contributed by atoms with van der Waals surface area (Å²) in [7, 11) is 1.75. The van der Waals surface area contributed by atoms with E-state index in [2.05, 4.69) is 15.6 Å². The fourth-order valence-corrected chi connectivity index (χ4v) is 2.74. The molecule has 25 heavy (non-hydrogen) atoms. The summed E-state index contributed by atoms with van der Waals surface area (Å²) in [6.07, 6.45) is 3.56. The summed E-state index contributed by atoms with van der Waals surface area (Å²) >= 11 is 0. The molecule has 1 aromatic rings. The van der Waals surface area contributed by atoms with Crippen LogP contribution in [0.3, 0.4) is 0 Å². The Morgan fingerprint density at radius 1 is 1.28 bits per heavy atom. The van der Waals surface area contributed by atoms with E-state index in [-0.39, 0.29) is 24.0 Å². The van der Waals surface area contributed by atoms with Crippen LogP contribution in [0, 0.1) is 5.41 Å². The number of benzene rings is 1. The Hall–Kier alpha value is -0.860. The third-order valence-electron chi connectivity index (χ3n) is 4.71. The van der Waals surface area contributed by atoms with Gasteiger partial charge in [-0.25, -0.2) is 4.99 Å². The van der Waals surface area contributed by atoms with Crippen molar-refractivity contribution in [1.82, 2.24) is 10.6 Å². The second-order valence-corrected chi connectivity index (χ2v) is 6.93. The minimum atomic E-state index is -0.975. The van der Waals surface area contributed by atoms with E-state index >= 15 is 0 Å². The Morgan fingerprint density at radius 2 is 1.96 bits per heavy atom. The van der Waals surface area contributed by atoms with Gasteiger partial charge in [-0.05, 0) is 44.1 Å². The molecule has 1 saturated carbocycles. The Bertz CT molecular complexity index is 531. The van der Waals surface area contributed by atoms with Crippen molar-refractivity contribution in [3.8, 4) is 0 Å². The monoisotopic (exact) mass is 461 g/mol. The van der Waals surface area contributed by atoms with E-state index in [0.29, 0.717) is 12.0 Å². The molecule has 0 saturated heterocycles. The largest absolute Gasteiger partial charge is 0.385 e. The third kappa shape index (κ3) is 7.11. The number of hydrogen-bond acceptors (Lipinski definition) is 3. The predicted molar refractivity (Wildman–Crippen MR) is 114 cm³/mol. The van der Waals surface area contributed by atoms with Crippen molar-refractivity contribution >= 4 is 29.9 Å². The minimum Gasteiger partial charge on any atom is -0.385 e. The zero-order valence-electron chi connectivity index (χ0n) is 15.5. The van der Waals surface area contributed by atoms with Crippen molar-refractivity contribution < 1.29 is 9.84 Å². The molecule has 5 nitrogen and oxygen atoms in total. The van der Waals surface area contributed by atoms with E-state index in [0.717, 1.165) is 37.6 Å². The van der Waals surface area contributed by atoms with Crippen LogP contribution in [0.4, 0.5) is 0 Å². The summed E-state index contributed by atoms with van der Waals surface area (Å²) in [5.74, 6) is 0.761. The highest BCUT2D eigenvalue weighted by Crippen LogP contribution is 2.48. The summed E-state index contributed by atoms with van der Waals surface area (Å²) in [5.41, 5.74) is 0.258. The number of rotatable bonds is 9. The summed E-state index contributed by atoms with van der Waals surface area (Å²) < 4.78 is 5.21. The molecule has 1 aliphatic rings. The van der Waals surface area contributed by atoms with Gasteiger partial charge >= 0.3 is 0 Å². The number of halogens is 1. The van der Waals surface area contributed by atoms with Crippen LogP contribution in [-0.2, 0) is 10.3 Å². The molecule has 0 spiro atoms. The maximum atomic E-state index is 10.7. The van der Waals surface area contributed by atoms with Crippen LogP contribution < -0.4 is 10.6 Å². The molecular formula is C19H32IN3O2. The number of hydrogen-bond donors (Lipinski definition) is 3. The molecule has 0 heterocycles. The van der Waals surface area contributed by atoms with Gasteiger partial charge in [-0.3, -0.25) is 0 Å². The van der Waals surface area contributed by atoms with Crippen molar-refractivity contribution in [3.63, 3.8) is 0 Å². The van der Waals surface area contributed by atoms with E-state index in [4.69, 9.17) is 4.74 Å². The number of guanidine groups is 1. The Kier molecular flexibility index (Phi) is 9.16. The second-order valence-electron chi connectivity index (χ2n) is 6.93. The summed E-state index contributed by atoms with van der Waals surface area (Å²) in [5, 5.41) is 17.4. The fraction of sp³-hybridized carbons (Fsp3) is 0.632. The molecule has 1 atom stereocenters. The molecule has 1 fully saturated rings. The SMILES string of the molecule is CCNC(=NCC(C)(O)c1ccccc1)NCC1(CCOC)CC1.I. The third-order valence-corrected chi connectivity index (χ3v) is 4.71. The molecular weight excluding hydrogens is 429 g/mol. The standard InChI is InChI=1S/C19H31N3O2.HI/c1-4-20-17(22-15-19(10-11-19)12-13-24-3)21-14-18(2,23)16-8-6-5-7-9-16;/h5-9,23H,4,10-15H2,1-3H3,(H2,20,21,22);1H. The van der Waals surface area contributed by atoms with Gasteiger partial charge < -0.3 is 20.5 Å². The lowest BCUT2D eigenvalue weighted by Gasteiger charge is -2.23. The Labute approximate surface area is 168 Å². The lowest BCUT2D eigenvalue weighted by Crippen LogP contribution is -2.41. The molecule has 1 aromatic carbocycles. The molecule has 1 aliphatic carbocycles. The first-order valence-corrected chi connectivity index (χ1v) is 8.80. The lowest BCUT2D eigenvalue weighted by molar-refractivity contribution is 0.0672. The van der Waals surface area contributed by atoms with E-state index in [9.17, 15) is 5.11 Å². The molecule has 0 radical (unpaired) electrons. The predicted octanol–water partition coefficient (Wildman–Crippen LogP) is 2.88. The zero-order valence-corrected chi connectivity index (χ0v) is 17.9. The first-order valence-electron chi connectivity index (χ1n) is 8.80. The highest BCUT2D eigenvalue weighted by molar-refractivity contribution is 14.0. The fourth-order valence-electron chi connectivity index (χ4n) is 2.74. The first-order chi connectivity index (χ1) is 11.5. The van der Waals surface area contributed by atoms with E-state index in [1.807, 2.05) is 37.3 Å². The molecule has 142 valence electrons. The van der Waals surface area contributed by atoms with Crippen molar-refractivity contribution in [1.29, 1.82) is 0 Å². The van der Waals surface area contributed by atoms with Crippen LogP contribution in [0.5, 0.6) is 0 Å². The molecule has 6 heteroatoms. The summed E-state index contributed by atoms with van der Waals surface area (Å²) in [6, 6.07) is 9.68. The summed E-state index contributed by atoms with van der Waals surface area (Å²) in [6.45, 7) is 6.66. The number of methoxy groups -OCH3 is 1. The first kappa shape index (κ1) is 22.2. The smallest absolute Gasteiger partial charge is 0.191 e. The van der Waals surface area contributed by atoms with Crippen LogP contribution in [-0.4, -0.2) is 44.4 Å². The van der Waals surface area contributed by atoms with Gasteiger partial charge in [0.05, 0.1) is 6.54 Å². The van der Waals surface area contributed by atoms with Crippen molar-refractivity contribution in [2.24, 2.45) is 10.4 Å². The Morgan fingerprint density at radius 3 is 2.52 bits per heavy atom. The molecule has 0 bridgehead atoms. The number of aliphatic hydroxyl groups is 1. The molecule has 1 unspecified atom stereocenters. The number of nitrogens with one attached hydrogen (secondary N) is 2. The van der Waals surface area contributed by atoms with Gasteiger partial charge in [-0.15, -0.1) is 24.0 Å². The molecule has 0 aliphatic heterocycles. The van der Waals surface area contributed by atoms with Gasteiger partial charge in [-0.1, -0.05) is 30.3 Å². The molecule has 0 aromatic heterocycles. The minimum absolute atomic E-state index is 0. The van der Waals surface area contributed by atoms with E-state index in [1.54, 1.807) is 14.0 Å². The van der Waals surface area contributed by atoms with Gasteiger partial charge in [0.15, 0.2) is 5.96 Å². The van der Waals surface area contributed by atoms with Gasteiger partial charge in [0.25, 0.3) is 0 Å². The Balaban J connectivity index is 0.00000312. The van der Waals surface area contributed by atoms with Crippen molar-refractivity contribution in [3.05, 3.63) is 35.9 Å². The topological polar surface area (TPSA) is 65.9 Å². The second kappa shape index (κ2) is 10.3. The molecule has 3 N–H and O–H groups in total. The average Bonchev–Trinajstić information content (AvgIpc) is 3.37. The highest BCUT2D eigenvalue weighted by atomic mass is 127. The van der Waals surface area contributed by atoms with Crippen LogP contribution in [0.15, 0.2) is 35.3 Å². The normalized spacial score (nSPS) is 18.0. The van der Waals surface area contributed by atoms with Crippen LogP contribution >= 0.6 is 24.0 Å². The van der Waals surface area contributed by atoms with Crippen LogP contribution in [0.2, 0.25) is 0 Å². The van der Waals surface area contributed by atoms with E-state index < -0.39 is 5.60 Å². The van der Waals surface area contributed by atoms with Gasteiger partial charge in [0.1, 0.15) is 5.60 Å². The van der Waals surface area contributed by atoms with E-state index in [1.165, 1.54) is 12.8 Å². The quantitative estimate of drug-likeness (QED) is 0.301. The maximum Gasteiger partial charge on any atom is 0.191 e. The van der Waals surface area contributed by atoms with Crippen LogP contribution in [0.25, 0.3) is 0 Å². The summed E-state index contributed by atoms with van der Waals surface area (Å²) in [4.78, 5) is 4.59. The average molecular weight is 461 g/mol. The highest BCUT2D eigenvalue weighted by Gasteiger charge is 2.41. The van der Waals surface area contributed by atoms with Gasteiger partial charge in [-0.2, -0.15) is 0 Å². The van der Waals surface area contributed by atoms with Gasteiger partial charge in [0, 0.05) is 26.8 Å². The number of aliphatic imine (C=N–C) groups is 1. The van der Waals surface area contributed by atoms with Crippen molar-refractivity contribution in [2.75, 3.05) is 33.4 Å². The van der Waals surface area contributed by atoms with Gasteiger partial charge in [0.2, 0.25) is 0 Å². The van der Waals surface area contributed by atoms with Crippen LogP contribution in [0.1, 0.15) is 38.7 Å². The number of nitrogens with zero attached hydrogens (tertiary/aromatic N) is 1.